The van der Waals surface area contributed by atoms with Crippen LogP contribution in [0.15, 0.2) is 12.1 Å². The van der Waals surface area contributed by atoms with Crippen LogP contribution < -0.4 is 0 Å². The SMILES string of the molecule is CC(=O)c1c(C#N)cc(C(F)(F)F)cc1C(F)F. The molecule has 0 radical (unpaired) electrons. The summed E-state index contributed by atoms with van der Waals surface area (Å²) in [6.45, 7) is 0.912. The fourth-order valence-electron chi connectivity index (χ4n) is 1.48. The Kier molecular flexibility index (Phi) is 3.70. The Morgan fingerprint density at radius 2 is 1.89 bits per heavy atom. The quantitative estimate of drug-likeness (QED) is 0.602. The number of hydrogen-bond acceptors (Lipinski definition) is 2. The lowest BCUT2D eigenvalue weighted by molar-refractivity contribution is -0.137. The van der Waals surface area contributed by atoms with Crippen LogP contribution in [0.25, 0.3) is 0 Å². The first-order valence-electron chi connectivity index (χ1n) is 4.62. The first-order valence-corrected chi connectivity index (χ1v) is 4.62. The van der Waals surface area contributed by atoms with Crippen LogP contribution in [-0.2, 0) is 6.18 Å². The molecule has 96 valence electrons. The number of halogens is 5. The van der Waals surface area contributed by atoms with Crippen molar-refractivity contribution in [3.8, 4) is 6.07 Å². The molecule has 2 nitrogen and oxygen atoms in total. The molecule has 0 spiro atoms. The summed E-state index contributed by atoms with van der Waals surface area (Å²) in [7, 11) is 0. The van der Waals surface area contributed by atoms with E-state index in [0.29, 0.717) is 6.07 Å². The molecule has 0 aliphatic carbocycles. The molecule has 0 unspecified atom stereocenters. The smallest absolute Gasteiger partial charge is 0.294 e. The van der Waals surface area contributed by atoms with Crippen molar-refractivity contribution in [2.45, 2.75) is 19.5 Å². The monoisotopic (exact) mass is 263 g/mol. The van der Waals surface area contributed by atoms with Gasteiger partial charge in [-0.15, -0.1) is 0 Å². The second-order valence-electron chi connectivity index (χ2n) is 3.45. The normalized spacial score (nSPS) is 11.4. The number of benzene rings is 1. The third-order valence-electron chi connectivity index (χ3n) is 2.20. The highest BCUT2D eigenvalue weighted by atomic mass is 19.4. The molecule has 0 aliphatic rings. The number of Topliss-reactive ketones (excluding diaryl/α,β-unsaturated/α-hetero) is 1. The molecule has 1 aromatic carbocycles. The largest absolute Gasteiger partial charge is 0.416 e. The van der Waals surface area contributed by atoms with Crippen molar-refractivity contribution in [3.05, 3.63) is 34.4 Å². The number of hydrogen-bond donors (Lipinski definition) is 0. The number of alkyl halides is 5. The Bertz CT molecular complexity index is 527. The molecule has 0 aromatic heterocycles. The van der Waals surface area contributed by atoms with E-state index in [1.165, 1.54) is 6.07 Å². The molecule has 1 rings (SSSR count). The van der Waals surface area contributed by atoms with Gasteiger partial charge in [-0.3, -0.25) is 4.79 Å². The Balaban J connectivity index is 3.66. The maximum absolute atomic E-state index is 12.6. The van der Waals surface area contributed by atoms with Crippen molar-refractivity contribution in [3.63, 3.8) is 0 Å². The van der Waals surface area contributed by atoms with E-state index in [9.17, 15) is 26.7 Å². The molecule has 0 saturated heterocycles. The van der Waals surface area contributed by atoms with Gasteiger partial charge in [-0.05, 0) is 19.1 Å². The van der Waals surface area contributed by atoms with E-state index in [2.05, 4.69) is 0 Å². The second-order valence-corrected chi connectivity index (χ2v) is 3.45. The Morgan fingerprint density at radius 3 is 2.22 bits per heavy atom. The van der Waals surface area contributed by atoms with E-state index < -0.39 is 40.6 Å². The number of nitriles is 1. The van der Waals surface area contributed by atoms with Gasteiger partial charge in [-0.25, -0.2) is 8.78 Å². The topological polar surface area (TPSA) is 40.9 Å². The molecule has 0 fully saturated rings. The fraction of sp³-hybridized carbons (Fsp3) is 0.273. The van der Waals surface area contributed by atoms with E-state index >= 15 is 0 Å². The Morgan fingerprint density at radius 1 is 1.33 bits per heavy atom. The zero-order valence-corrected chi connectivity index (χ0v) is 8.98. The zero-order valence-electron chi connectivity index (χ0n) is 8.98. The summed E-state index contributed by atoms with van der Waals surface area (Å²) in [6, 6.07) is 1.92. The van der Waals surface area contributed by atoms with E-state index in [1.807, 2.05) is 0 Å². The lowest BCUT2D eigenvalue weighted by Gasteiger charge is -2.13. The lowest BCUT2D eigenvalue weighted by Crippen LogP contribution is -2.11. The van der Waals surface area contributed by atoms with Crippen molar-refractivity contribution in [2.75, 3.05) is 0 Å². The minimum Gasteiger partial charge on any atom is -0.294 e. The number of rotatable bonds is 2. The summed E-state index contributed by atoms with van der Waals surface area (Å²) in [5, 5.41) is 8.65. The van der Waals surface area contributed by atoms with Crippen molar-refractivity contribution < 1.29 is 26.7 Å². The molecule has 0 heterocycles. The standard InChI is InChI=1S/C11H6F5NO/c1-5(18)9-6(4-17)2-7(11(14,15)16)3-8(9)10(12)13/h2-3,10H,1H3. The molecule has 0 amide bonds. The summed E-state index contributed by atoms with van der Waals surface area (Å²) >= 11 is 0. The summed E-state index contributed by atoms with van der Waals surface area (Å²) < 4.78 is 62.6. The van der Waals surface area contributed by atoms with Gasteiger partial charge in [0, 0.05) is 11.1 Å². The predicted molar refractivity (Wildman–Crippen MR) is 51.1 cm³/mol. The number of carbonyl (C=O) groups excluding carboxylic acids is 1. The third kappa shape index (κ3) is 2.64. The predicted octanol–water partition coefficient (Wildman–Crippen LogP) is 3.72. The highest BCUT2D eigenvalue weighted by Crippen LogP contribution is 2.35. The minimum absolute atomic E-state index is 0.197. The highest BCUT2D eigenvalue weighted by molar-refractivity contribution is 5.98. The van der Waals surface area contributed by atoms with Crippen LogP contribution in [0.1, 0.15) is 40.4 Å². The van der Waals surface area contributed by atoms with Gasteiger partial charge in [-0.1, -0.05) is 0 Å². The summed E-state index contributed by atoms with van der Waals surface area (Å²) in [4.78, 5) is 11.1. The van der Waals surface area contributed by atoms with Crippen LogP contribution >= 0.6 is 0 Å². The molecule has 0 saturated carbocycles. The number of ketones is 1. The molecule has 18 heavy (non-hydrogen) atoms. The van der Waals surface area contributed by atoms with Gasteiger partial charge in [-0.2, -0.15) is 18.4 Å². The Labute approximate surface area is 98.6 Å². The second kappa shape index (κ2) is 4.72. The first kappa shape index (κ1) is 14.1. The van der Waals surface area contributed by atoms with Gasteiger partial charge >= 0.3 is 6.18 Å². The van der Waals surface area contributed by atoms with Crippen LogP contribution in [0.5, 0.6) is 0 Å². The molecular weight excluding hydrogens is 257 g/mol. The minimum atomic E-state index is -4.86. The third-order valence-corrected chi connectivity index (χ3v) is 2.20. The van der Waals surface area contributed by atoms with Gasteiger partial charge in [0.1, 0.15) is 0 Å². The van der Waals surface area contributed by atoms with E-state index in [-0.39, 0.29) is 6.07 Å². The van der Waals surface area contributed by atoms with Crippen LogP contribution in [0.3, 0.4) is 0 Å². The fourth-order valence-corrected chi connectivity index (χ4v) is 1.48. The van der Waals surface area contributed by atoms with Crippen molar-refractivity contribution >= 4 is 5.78 Å². The Hall–Kier alpha value is -1.97. The first-order chi connectivity index (χ1) is 8.18. The molecule has 7 heteroatoms. The van der Waals surface area contributed by atoms with Gasteiger partial charge in [0.15, 0.2) is 5.78 Å². The maximum Gasteiger partial charge on any atom is 0.416 e. The lowest BCUT2D eigenvalue weighted by atomic mass is 9.95. The van der Waals surface area contributed by atoms with E-state index in [1.54, 1.807) is 0 Å². The van der Waals surface area contributed by atoms with E-state index in [0.717, 1.165) is 6.92 Å². The summed E-state index contributed by atoms with van der Waals surface area (Å²) in [5.74, 6) is -0.879. The molecule has 1 aromatic rings. The average Bonchev–Trinajstić information content (AvgIpc) is 2.25. The van der Waals surface area contributed by atoms with Gasteiger partial charge < -0.3 is 0 Å². The number of nitrogens with zero attached hydrogens (tertiary/aromatic N) is 1. The van der Waals surface area contributed by atoms with E-state index in [4.69, 9.17) is 5.26 Å². The molecule has 0 N–H and O–H groups in total. The number of carbonyl (C=O) groups is 1. The molecular formula is C11H6F5NO. The van der Waals surface area contributed by atoms with Crippen LogP contribution in [-0.4, -0.2) is 5.78 Å². The molecule has 0 aliphatic heterocycles. The average molecular weight is 263 g/mol. The van der Waals surface area contributed by atoms with Crippen LogP contribution in [0, 0.1) is 11.3 Å². The molecule has 0 atom stereocenters. The van der Waals surface area contributed by atoms with Crippen molar-refractivity contribution in [2.24, 2.45) is 0 Å². The van der Waals surface area contributed by atoms with Crippen LogP contribution in [0.2, 0.25) is 0 Å². The highest BCUT2D eigenvalue weighted by Gasteiger charge is 2.34. The van der Waals surface area contributed by atoms with Gasteiger partial charge in [0.2, 0.25) is 0 Å². The van der Waals surface area contributed by atoms with Gasteiger partial charge in [0.05, 0.1) is 17.2 Å². The van der Waals surface area contributed by atoms with Crippen LogP contribution in [0.4, 0.5) is 22.0 Å². The molecule has 0 bridgehead atoms. The summed E-state index contributed by atoms with van der Waals surface area (Å²) in [6.07, 6.45) is -8.12. The maximum atomic E-state index is 12.6. The summed E-state index contributed by atoms with van der Waals surface area (Å²) in [5.41, 5.74) is -3.82. The van der Waals surface area contributed by atoms with Crippen molar-refractivity contribution in [1.82, 2.24) is 0 Å². The zero-order chi connectivity index (χ0) is 14.1. The van der Waals surface area contributed by atoms with Crippen molar-refractivity contribution in [1.29, 1.82) is 5.26 Å². The van der Waals surface area contributed by atoms with Gasteiger partial charge in [0.25, 0.3) is 6.43 Å².